The highest BCUT2D eigenvalue weighted by Crippen LogP contribution is 2.50. The zero-order valence-corrected chi connectivity index (χ0v) is 19.3. The molecule has 6 nitrogen and oxygen atoms in total. The van der Waals surface area contributed by atoms with E-state index in [1.807, 2.05) is 30.9 Å². The first-order valence-corrected chi connectivity index (χ1v) is 12.2. The standard InChI is InChI=1S/C23H24N4O2S2/c1-12-5-4-6-15(7-12)21-20(26-14(3)31-21)23(29)27-10-16-8-17(16)19(27)9-24-22(28)18-11-30-13(2)25-18/h4-7,11,16-17,19H,8-10H2,1-3H3,(H,24,28)/t16-,17-,19-/m1/s1. The van der Waals surface area contributed by atoms with E-state index in [1.54, 1.807) is 16.7 Å². The summed E-state index contributed by atoms with van der Waals surface area (Å²) < 4.78 is 0. The minimum Gasteiger partial charge on any atom is -0.349 e. The Kier molecular flexibility index (Phi) is 5.14. The van der Waals surface area contributed by atoms with Gasteiger partial charge >= 0.3 is 0 Å². The number of aryl methyl sites for hydroxylation is 3. The largest absolute Gasteiger partial charge is 0.349 e. The van der Waals surface area contributed by atoms with Gasteiger partial charge in [0.2, 0.25) is 0 Å². The monoisotopic (exact) mass is 452 g/mol. The van der Waals surface area contributed by atoms with Crippen molar-refractivity contribution in [1.82, 2.24) is 20.2 Å². The average molecular weight is 453 g/mol. The van der Waals surface area contributed by atoms with Crippen molar-refractivity contribution < 1.29 is 9.59 Å². The van der Waals surface area contributed by atoms with E-state index in [0.29, 0.717) is 29.8 Å². The van der Waals surface area contributed by atoms with Crippen LogP contribution in [0, 0.1) is 32.6 Å². The third kappa shape index (κ3) is 3.90. The van der Waals surface area contributed by atoms with Gasteiger partial charge in [0.05, 0.1) is 20.9 Å². The zero-order chi connectivity index (χ0) is 21.7. The molecule has 0 spiro atoms. The van der Waals surface area contributed by atoms with Crippen LogP contribution in [0.25, 0.3) is 10.4 Å². The first-order valence-electron chi connectivity index (χ1n) is 10.5. The quantitative estimate of drug-likeness (QED) is 0.633. The van der Waals surface area contributed by atoms with Crippen molar-refractivity contribution in [2.24, 2.45) is 11.8 Å². The summed E-state index contributed by atoms with van der Waals surface area (Å²) in [5.74, 6) is 0.792. The Bertz CT molecular complexity index is 1170. The summed E-state index contributed by atoms with van der Waals surface area (Å²) in [6, 6.07) is 8.20. The second-order valence-electron chi connectivity index (χ2n) is 8.43. The van der Waals surface area contributed by atoms with Crippen molar-refractivity contribution in [2.75, 3.05) is 13.1 Å². The molecule has 0 unspecified atom stereocenters. The van der Waals surface area contributed by atoms with Gasteiger partial charge in [-0.2, -0.15) is 0 Å². The van der Waals surface area contributed by atoms with Crippen LogP contribution in [0.2, 0.25) is 0 Å². The maximum absolute atomic E-state index is 13.6. The minimum absolute atomic E-state index is 0.00792. The molecule has 2 aliphatic rings. The van der Waals surface area contributed by atoms with Crippen molar-refractivity contribution >= 4 is 34.5 Å². The van der Waals surface area contributed by atoms with E-state index in [2.05, 4.69) is 34.3 Å². The zero-order valence-electron chi connectivity index (χ0n) is 17.7. The summed E-state index contributed by atoms with van der Waals surface area (Å²) >= 11 is 3.02. The predicted molar refractivity (Wildman–Crippen MR) is 123 cm³/mol. The van der Waals surface area contributed by atoms with Gasteiger partial charge in [-0.3, -0.25) is 9.59 Å². The second kappa shape index (κ2) is 7.84. The normalized spacial score (nSPS) is 21.8. The van der Waals surface area contributed by atoms with Crippen molar-refractivity contribution in [3.63, 3.8) is 0 Å². The maximum atomic E-state index is 13.6. The summed E-state index contributed by atoms with van der Waals surface area (Å²) in [7, 11) is 0. The highest BCUT2D eigenvalue weighted by Gasteiger charge is 2.54. The molecule has 2 amide bonds. The smallest absolute Gasteiger partial charge is 0.274 e. The number of benzene rings is 1. The van der Waals surface area contributed by atoms with Gasteiger partial charge in [-0.05, 0) is 44.6 Å². The fraction of sp³-hybridized carbons (Fsp3) is 0.391. The Hall–Kier alpha value is -2.58. The molecule has 1 saturated heterocycles. The van der Waals surface area contributed by atoms with Crippen molar-refractivity contribution in [3.8, 4) is 10.4 Å². The molecule has 1 N–H and O–H groups in total. The molecule has 0 radical (unpaired) electrons. The van der Waals surface area contributed by atoms with E-state index < -0.39 is 0 Å². The number of hydrogen-bond donors (Lipinski definition) is 1. The third-order valence-corrected chi connectivity index (χ3v) is 7.90. The lowest BCUT2D eigenvalue weighted by Crippen LogP contribution is -2.45. The molecule has 8 heteroatoms. The molecule has 2 fully saturated rings. The Morgan fingerprint density at radius 3 is 2.77 bits per heavy atom. The van der Waals surface area contributed by atoms with Crippen LogP contribution in [0.1, 0.15) is 43.0 Å². The number of thiazole rings is 2. The van der Waals surface area contributed by atoms with Crippen LogP contribution in [0.3, 0.4) is 0 Å². The lowest BCUT2D eigenvalue weighted by molar-refractivity contribution is 0.0690. The molecular weight excluding hydrogens is 428 g/mol. The third-order valence-electron chi connectivity index (χ3n) is 6.10. The number of amides is 2. The van der Waals surface area contributed by atoms with Crippen LogP contribution in [0.15, 0.2) is 29.6 Å². The molecular formula is C23H24N4O2S2. The molecule has 31 heavy (non-hydrogen) atoms. The number of carbonyl (C=O) groups is 2. The van der Waals surface area contributed by atoms with E-state index in [0.717, 1.165) is 39.0 Å². The molecule has 3 heterocycles. The van der Waals surface area contributed by atoms with Gasteiger partial charge in [-0.1, -0.05) is 29.8 Å². The number of carbonyl (C=O) groups excluding carboxylic acids is 2. The predicted octanol–water partition coefficient (Wildman–Crippen LogP) is 4.08. The summed E-state index contributed by atoms with van der Waals surface area (Å²) in [5.41, 5.74) is 3.16. The van der Waals surface area contributed by atoms with Gasteiger partial charge in [-0.15, -0.1) is 22.7 Å². The van der Waals surface area contributed by atoms with E-state index in [1.165, 1.54) is 11.3 Å². The molecule has 3 atom stereocenters. The number of nitrogens with zero attached hydrogens (tertiary/aromatic N) is 3. The van der Waals surface area contributed by atoms with Crippen LogP contribution in [-0.4, -0.2) is 45.8 Å². The lowest BCUT2D eigenvalue weighted by atomic mass is 10.1. The highest BCUT2D eigenvalue weighted by molar-refractivity contribution is 7.15. The molecule has 160 valence electrons. The van der Waals surface area contributed by atoms with Gasteiger partial charge in [0.15, 0.2) is 0 Å². The summed E-state index contributed by atoms with van der Waals surface area (Å²) in [6.45, 7) is 7.06. The van der Waals surface area contributed by atoms with Crippen LogP contribution in [0.5, 0.6) is 0 Å². The number of aromatic nitrogens is 2. The van der Waals surface area contributed by atoms with E-state index in [9.17, 15) is 9.59 Å². The fourth-order valence-corrected chi connectivity index (χ4v) is 6.01. The summed E-state index contributed by atoms with van der Waals surface area (Å²) in [6.07, 6.45) is 1.13. The Labute approximate surface area is 189 Å². The Morgan fingerprint density at radius 1 is 1.19 bits per heavy atom. The van der Waals surface area contributed by atoms with Gasteiger partial charge < -0.3 is 10.2 Å². The maximum Gasteiger partial charge on any atom is 0.274 e. The highest BCUT2D eigenvalue weighted by atomic mass is 32.1. The van der Waals surface area contributed by atoms with Gasteiger partial charge in [0, 0.05) is 18.5 Å². The topological polar surface area (TPSA) is 75.2 Å². The van der Waals surface area contributed by atoms with Crippen molar-refractivity contribution in [3.05, 3.63) is 56.6 Å². The molecule has 1 aliphatic heterocycles. The Morgan fingerprint density at radius 2 is 2.03 bits per heavy atom. The van der Waals surface area contributed by atoms with Gasteiger partial charge in [0.1, 0.15) is 11.4 Å². The summed E-state index contributed by atoms with van der Waals surface area (Å²) in [5, 5.41) is 6.52. The Balaban J connectivity index is 1.36. The average Bonchev–Trinajstić information content (AvgIpc) is 3.05. The SMILES string of the molecule is Cc1cccc(-c2sc(C)nc2C(=O)N2C[C@H]3C[C@H]3[C@H]2CNC(=O)c2csc(C)n2)c1. The van der Waals surface area contributed by atoms with Crippen LogP contribution < -0.4 is 5.32 Å². The molecule has 3 aromatic rings. The van der Waals surface area contributed by atoms with Crippen LogP contribution >= 0.6 is 22.7 Å². The molecule has 2 aromatic heterocycles. The first-order chi connectivity index (χ1) is 14.9. The fourth-order valence-electron chi connectivity index (χ4n) is 4.51. The van der Waals surface area contributed by atoms with E-state index in [-0.39, 0.29) is 17.9 Å². The van der Waals surface area contributed by atoms with Crippen LogP contribution in [0.4, 0.5) is 0 Å². The molecule has 5 rings (SSSR count). The molecule has 1 saturated carbocycles. The van der Waals surface area contributed by atoms with Gasteiger partial charge in [0.25, 0.3) is 11.8 Å². The molecule has 0 bridgehead atoms. The second-order valence-corrected chi connectivity index (χ2v) is 10.7. The van der Waals surface area contributed by atoms with Crippen molar-refractivity contribution in [1.29, 1.82) is 0 Å². The molecule has 1 aromatic carbocycles. The molecule has 1 aliphatic carbocycles. The minimum atomic E-state index is -0.175. The van der Waals surface area contributed by atoms with E-state index >= 15 is 0 Å². The number of likely N-dealkylation sites (tertiary alicyclic amines) is 1. The van der Waals surface area contributed by atoms with Crippen molar-refractivity contribution in [2.45, 2.75) is 33.2 Å². The number of piperidine rings is 1. The first kappa shape index (κ1) is 20.3. The lowest BCUT2D eigenvalue weighted by Gasteiger charge is -2.27. The van der Waals surface area contributed by atoms with Crippen LogP contribution in [-0.2, 0) is 0 Å². The van der Waals surface area contributed by atoms with Gasteiger partial charge in [-0.25, -0.2) is 9.97 Å². The number of nitrogens with one attached hydrogen (secondary N) is 1. The number of fused-ring (bicyclic) bond motifs is 1. The number of rotatable bonds is 5. The van der Waals surface area contributed by atoms with E-state index in [4.69, 9.17) is 0 Å². The number of hydrogen-bond acceptors (Lipinski definition) is 6. The summed E-state index contributed by atoms with van der Waals surface area (Å²) in [4.78, 5) is 37.8.